The molecule has 0 saturated carbocycles. The summed E-state index contributed by atoms with van der Waals surface area (Å²) >= 11 is 0. The Morgan fingerprint density at radius 1 is 1.53 bits per heavy atom. The molecule has 0 saturated heterocycles. The maximum atomic E-state index is 11.1. The van der Waals surface area contributed by atoms with Crippen LogP contribution in [0.4, 0.5) is 0 Å². The van der Waals surface area contributed by atoms with Crippen LogP contribution in [0.2, 0.25) is 0 Å². The van der Waals surface area contributed by atoms with E-state index in [1.54, 1.807) is 12.3 Å². The lowest BCUT2D eigenvalue weighted by molar-refractivity contribution is 0.0992. The van der Waals surface area contributed by atoms with Gasteiger partial charge in [-0.25, -0.2) is 4.68 Å². The minimum Gasteiger partial charge on any atom is -0.364 e. The summed E-state index contributed by atoms with van der Waals surface area (Å²) in [4.78, 5) is 11.1. The number of hydrogen-bond acceptors (Lipinski definition) is 4. The van der Waals surface area contributed by atoms with Gasteiger partial charge in [-0.2, -0.15) is 10.2 Å². The lowest BCUT2D eigenvalue weighted by atomic mass is 10.3. The quantitative estimate of drug-likeness (QED) is 0.748. The fourth-order valence-corrected chi connectivity index (χ4v) is 1.22. The van der Waals surface area contributed by atoms with Crippen LogP contribution in [0.3, 0.4) is 0 Å². The van der Waals surface area contributed by atoms with Crippen LogP contribution in [0.25, 0.3) is 5.82 Å². The van der Waals surface area contributed by atoms with Crippen molar-refractivity contribution >= 4 is 5.91 Å². The molecule has 0 radical (unpaired) electrons. The fourth-order valence-electron chi connectivity index (χ4n) is 1.22. The maximum Gasteiger partial charge on any atom is 0.267 e. The van der Waals surface area contributed by atoms with Gasteiger partial charge in [0.05, 0.1) is 12.4 Å². The average molecular weight is 203 g/mol. The van der Waals surface area contributed by atoms with Crippen LogP contribution in [0.5, 0.6) is 0 Å². The Morgan fingerprint density at radius 2 is 2.33 bits per heavy atom. The number of hydrogen-bond donors (Lipinski definition) is 1. The van der Waals surface area contributed by atoms with Gasteiger partial charge >= 0.3 is 0 Å². The topological polar surface area (TPSA) is 86.7 Å². The summed E-state index contributed by atoms with van der Waals surface area (Å²) in [5, 5.41) is 11.6. The smallest absolute Gasteiger partial charge is 0.267 e. The minimum atomic E-state index is -0.546. The summed E-state index contributed by atoms with van der Waals surface area (Å²) < 4.78 is 1.36. The van der Waals surface area contributed by atoms with E-state index in [2.05, 4.69) is 15.3 Å². The van der Waals surface area contributed by atoms with Crippen molar-refractivity contribution in [3.8, 4) is 5.82 Å². The second-order valence-corrected chi connectivity index (χ2v) is 3.08. The van der Waals surface area contributed by atoms with Gasteiger partial charge < -0.3 is 5.73 Å². The first-order valence-corrected chi connectivity index (χ1v) is 4.32. The highest BCUT2D eigenvalue weighted by Crippen LogP contribution is 2.07. The molecule has 0 aliphatic rings. The molecule has 1 amide bonds. The first-order valence-electron chi connectivity index (χ1n) is 4.32. The number of aryl methyl sites for hydroxylation is 1. The third-order valence-electron chi connectivity index (χ3n) is 1.89. The van der Waals surface area contributed by atoms with E-state index in [1.807, 2.05) is 6.92 Å². The van der Waals surface area contributed by atoms with Crippen LogP contribution in [0.15, 0.2) is 24.5 Å². The van der Waals surface area contributed by atoms with Crippen molar-refractivity contribution in [1.82, 2.24) is 20.0 Å². The second kappa shape index (κ2) is 3.49. The van der Waals surface area contributed by atoms with Gasteiger partial charge in [0.1, 0.15) is 5.69 Å². The normalized spacial score (nSPS) is 10.2. The van der Waals surface area contributed by atoms with Gasteiger partial charge in [-0.05, 0) is 24.6 Å². The van der Waals surface area contributed by atoms with E-state index in [1.165, 1.54) is 16.9 Å². The van der Waals surface area contributed by atoms with Crippen molar-refractivity contribution in [1.29, 1.82) is 0 Å². The number of carbonyl (C=O) groups excluding carboxylic acids is 1. The Hall–Kier alpha value is -2.24. The summed E-state index contributed by atoms with van der Waals surface area (Å²) in [5.41, 5.74) is 6.41. The molecule has 2 N–H and O–H groups in total. The molecule has 0 aliphatic heterocycles. The van der Waals surface area contributed by atoms with Crippen molar-refractivity contribution in [3.63, 3.8) is 0 Å². The van der Waals surface area contributed by atoms with Gasteiger partial charge in [0.25, 0.3) is 5.91 Å². The molecule has 0 spiro atoms. The zero-order valence-electron chi connectivity index (χ0n) is 8.08. The number of carbonyl (C=O) groups is 1. The summed E-state index contributed by atoms with van der Waals surface area (Å²) in [5.74, 6) is -0.0652. The van der Waals surface area contributed by atoms with Crippen molar-refractivity contribution in [2.75, 3.05) is 0 Å². The molecule has 2 rings (SSSR count). The lowest BCUT2D eigenvalue weighted by Gasteiger charge is -2.02. The molecule has 2 aromatic rings. The molecule has 6 nitrogen and oxygen atoms in total. The summed E-state index contributed by atoms with van der Waals surface area (Å²) in [7, 11) is 0. The Kier molecular flexibility index (Phi) is 2.17. The van der Waals surface area contributed by atoms with E-state index >= 15 is 0 Å². The molecular formula is C9H9N5O. The SMILES string of the molecule is Cc1cnnc(-n2nccc2C(N)=O)c1. The van der Waals surface area contributed by atoms with Gasteiger partial charge in [0.2, 0.25) is 0 Å². The number of nitrogens with zero attached hydrogens (tertiary/aromatic N) is 4. The van der Waals surface area contributed by atoms with Crippen LogP contribution in [-0.4, -0.2) is 25.9 Å². The summed E-state index contributed by atoms with van der Waals surface area (Å²) in [6.45, 7) is 1.88. The molecule has 76 valence electrons. The summed E-state index contributed by atoms with van der Waals surface area (Å²) in [6.07, 6.45) is 3.11. The van der Waals surface area contributed by atoms with Crippen LogP contribution in [0, 0.1) is 6.92 Å². The van der Waals surface area contributed by atoms with Crippen molar-refractivity contribution < 1.29 is 4.79 Å². The van der Waals surface area contributed by atoms with Gasteiger partial charge in [0, 0.05) is 0 Å². The average Bonchev–Trinajstić information content (AvgIpc) is 2.65. The molecule has 6 heteroatoms. The molecule has 2 heterocycles. The van der Waals surface area contributed by atoms with Gasteiger partial charge in [-0.15, -0.1) is 5.10 Å². The number of aromatic nitrogens is 4. The van der Waals surface area contributed by atoms with Crippen LogP contribution in [0.1, 0.15) is 16.1 Å². The monoisotopic (exact) mass is 203 g/mol. The van der Waals surface area contributed by atoms with E-state index in [0.29, 0.717) is 5.82 Å². The fraction of sp³-hybridized carbons (Fsp3) is 0.111. The zero-order chi connectivity index (χ0) is 10.8. The molecule has 15 heavy (non-hydrogen) atoms. The lowest BCUT2D eigenvalue weighted by Crippen LogP contribution is -2.17. The van der Waals surface area contributed by atoms with Crippen LogP contribution >= 0.6 is 0 Å². The zero-order valence-corrected chi connectivity index (χ0v) is 8.08. The number of rotatable bonds is 2. The van der Waals surface area contributed by atoms with Gasteiger partial charge in [0.15, 0.2) is 5.82 Å². The number of primary amides is 1. The molecule has 0 aliphatic carbocycles. The van der Waals surface area contributed by atoms with Crippen molar-refractivity contribution in [2.24, 2.45) is 5.73 Å². The minimum absolute atomic E-state index is 0.287. The van der Waals surface area contributed by atoms with E-state index in [0.717, 1.165) is 5.56 Å². The van der Waals surface area contributed by atoms with Crippen LogP contribution in [-0.2, 0) is 0 Å². The highest BCUT2D eigenvalue weighted by atomic mass is 16.1. The Labute approximate surface area is 85.7 Å². The Morgan fingerprint density at radius 3 is 3.00 bits per heavy atom. The molecule has 0 bridgehead atoms. The Bertz CT molecular complexity index is 505. The predicted molar refractivity (Wildman–Crippen MR) is 52.4 cm³/mol. The van der Waals surface area contributed by atoms with Gasteiger partial charge in [-0.1, -0.05) is 0 Å². The molecule has 2 aromatic heterocycles. The van der Waals surface area contributed by atoms with E-state index < -0.39 is 5.91 Å². The highest BCUT2D eigenvalue weighted by molar-refractivity contribution is 5.91. The molecule has 0 unspecified atom stereocenters. The van der Waals surface area contributed by atoms with E-state index in [-0.39, 0.29) is 5.69 Å². The number of amides is 1. The molecular weight excluding hydrogens is 194 g/mol. The molecule has 0 atom stereocenters. The second-order valence-electron chi connectivity index (χ2n) is 3.08. The third kappa shape index (κ3) is 1.69. The number of nitrogens with two attached hydrogens (primary N) is 1. The molecule has 0 fully saturated rings. The van der Waals surface area contributed by atoms with E-state index in [9.17, 15) is 4.79 Å². The largest absolute Gasteiger partial charge is 0.364 e. The first kappa shape index (κ1) is 9.32. The van der Waals surface area contributed by atoms with Crippen molar-refractivity contribution in [3.05, 3.63) is 35.8 Å². The van der Waals surface area contributed by atoms with Gasteiger partial charge in [-0.3, -0.25) is 4.79 Å². The first-order chi connectivity index (χ1) is 7.18. The Balaban J connectivity index is 2.54. The standard InChI is InChI=1S/C9H9N5O/c1-6-4-8(13-11-5-6)14-7(9(10)15)2-3-12-14/h2-5H,1H3,(H2,10,15). The van der Waals surface area contributed by atoms with E-state index in [4.69, 9.17) is 5.73 Å². The molecule has 0 aromatic carbocycles. The predicted octanol–water partition coefficient (Wildman–Crippen LogP) is 0.0696. The maximum absolute atomic E-state index is 11.1. The highest BCUT2D eigenvalue weighted by Gasteiger charge is 2.10. The van der Waals surface area contributed by atoms with Crippen molar-refractivity contribution in [2.45, 2.75) is 6.92 Å². The summed E-state index contributed by atoms with van der Waals surface area (Å²) in [6, 6.07) is 3.30. The van der Waals surface area contributed by atoms with Crippen LogP contribution < -0.4 is 5.73 Å². The third-order valence-corrected chi connectivity index (χ3v) is 1.89.